The third-order valence-corrected chi connectivity index (χ3v) is 5.40. The number of halogens is 3. The summed E-state index contributed by atoms with van der Waals surface area (Å²) < 4.78 is 49.4. The molecule has 0 radical (unpaired) electrons. The molecule has 1 aliphatic heterocycles. The van der Waals surface area contributed by atoms with E-state index in [0.29, 0.717) is 18.9 Å². The first kappa shape index (κ1) is 20.1. The van der Waals surface area contributed by atoms with Crippen molar-refractivity contribution in [3.8, 4) is 0 Å². The van der Waals surface area contributed by atoms with Gasteiger partial charge in [-0.2, -0.15) is 0 Å². The topological polar surface area (TPSA) is 70.6 Å². The van der Waals surface area contributed by atoms with E-state index in [4.69, 9.17) is 0 Å². The highest BCUT2D eigenvalue weighted by Crippen LogP contribution is 2.17. The molecule has 1 heterocycles. The fourth-order valence-electron chi connectivity index (χ4n) is 2.35. The van der Waals surface area contributed by atoms with Crippen LogP contribution in [0, 0.1) is 17.6 Å². The summed E-state index contributed by atoms with van der Waals surface area (Å²) in [5.41, 5.74) is 0.200. The first-order valence-electron chi connectivity index (χ1n) is 6.98. The number of benzene rings is 1. The van der Waals surface area contributed by atoms with Gasteiger partial charge >= 0.3 is 0 Å². The van der Waals surface area contributed by atoms with E-state index >= 15 is 0 Å². The first-order valence-corrected chi connectivity index (χ1v) is 8.80. The molecule has 2 rings (SSSR count). The van der Waals surface area contributed by atoms with Crippen molar-refractivity contribution < 1.29 is 17.2 Å². The highest BCUT2D eigenvalue weighted by Gasteiger charge is 2.27. The van der Waals surface area contributed by atoms with Gasteiger partial charge in [0.2, 0.25) is 0 Å². The molecule has 1 atom stereocenters. The Labute approximate surface area is 151 Å². The van der Waals surface area contributed by atoms with E-state index in [9.17, 15) is 17.2 Å². The molecule has 0 spiro atoms. The van der Waals surface area contributed by atoms with E-state index in [-0.39, 0.29) is 53.5 Å². The molecule has 1 fully saturated rings. The number of hydrogen-bond acceptors (Lipinski definition) is 3. The van der Waals surface area contributed by atoms with E-state index in [0.717, 1.165) is 18.2 Å². The minimum Gasteiger partial charge on any atom is -0.356 e. The van der Waals surface area contributed by atoms with Crippen LogP contribution in [0.3, 0.4) is 0 Å². The van der Waals surface area contributed by atoms with Crippen LogP contribution < -0.4 is 10.6 Å². The SMILES string of the molecule is CN=C(NCc1cc(F)ccc1F)NCC1CCS(=O)(=O)C1.I. The lowest BCUT2D eigenvalue weighted by molar-refractivity contribution is 0.563. The number of rotatable bonds is 4. The van der Waals surface area contributed by atoms with E-state index < -0.39 is 21.5 Å². The summed E-state index contributed by atoms with van der Waals surface area (Å²) >= 11 is 0. The smallest absolute Gasteiger partial charge is 0.191 e. The minimum atomic E-state index is -2.91. The second kappa shape index (κ2) is 8.76. The Hall–Kier alpha value is -0.970. The van der Waals surface area contributed by atoms with Gasteiger partial charge in [-0.15, -0.1) is 24.0 Å². The minimum absolute atomic E-state index is 0. The molecular weight excluding hydrogens is 439 g/mol. The molecule has 130 valence electrons. The first-order chi connectivity index (χ1) is 10.4. The summed E-state index contributed by atoms with van der Waals surface area (Å²) in [4.78, 5) is 3.98. The quantitative estimate of drug-likeness (QED) is 0.409. The number of nitrogens with zero attached hydrogens (tertiary/aromatic N) is 1. The number of aliphatic imine (C=N–C) groups is 1. The van der Waals surface area contributed by atoms with Gasteiger partial charge in [0, 0.05) is 25.7 Å². The fraction of sp³-hybridized carbons (Fsp3) is 0.500. The van der Waals surface area contributed by atoms with E-state index in [1.807, 2.05) is 0 Å². The van der Waals surface area contributed by atoms with Gasteiger partial charge in [-0.3, -0.25) is 4.99 Å². The molecule has 0 aromatic heterocycles. The molecule has 0 bridgehead atoms. The van der Waals surface area contributed by atoms with Gasteiger partial charge < -0.3 is 10.6 Å². The third kappa shape index (κ3) is 6.21. The molecule has 9 heteroatoms. The summed E-state index contributed by atoms with van der Waals surface area (Å²) in [6.45, 7) is 0.566. The molecule has 0 aliphatic carbocycles. The molecule has 0 saturated carbocycles. The van der Waals surface area contributed by atoms with Crippen molar-refractivity contribution in [2.45, 2.75) is 13.0 Å². The van der Waals surface area contributed by atoms with Crippen molar-refractivity contribution in [3.63, 3.8) is 0 Å². The van der Waals surface area contributed by atoms with E-state index in [1.54, 1.807) is 7.05 Å². The Balaban J connectivity index is 0.00000264. The van der Waals surface area contributed by atoms with Crippen LogP contribution in [-0.2, 0) is 16.4 Å². The van der Waals surface area contributed by atoms with Crippen molar-refractivity contribution >= 4 is 39.8 Å². The van der Waals surface area contributed by atoms with Crippen molar-refractivity contribution in [2.75, 3.05) is 25.1 Å². The standard InChI is InChI=1S/C14H19F2N3O2S.HI/c1-17-14(18-7-10-4-5-22(20,21)9-10)19-8-11-6-12(15)2-3-13(11)16;/h2-3,6,10H,4-5,7-9H2,1H3,(H2,17,18,19);1H. The lowest BCUT2D eigenvalue weighted by atomic mass is 10.1. The normalized spacial score (nSPS) is 20.0. The molecule has 1 aliphatic rings. The van der Waals surface area contributed by atoms with Crippen LogP contribution in [-0.4, -0.2) is 39.5 Å². The van der Waals surface area contributed by atoms with E-state index in [1.165, 1.54) is 0 Å². The molecule has 2 N–H and O–H groups in total. The largest absolute Gasteiger partial charge is 0.356 e. The number of hydrogen-bond donors (Lipinski definition) is 2. The second-order valence-corrected chi connectivity index (χ2v) is 7.54. The maximum atomic E-state index is 13.5. The van der Waals surface area contributed by atoms with Gasteiger partial charge in [0.25, 0.3) is 0 Å². The Bertz CT molecular complexity index is 668. The van der Waals surface area contributed by atoms with Crippen molar-refractivity contribution in [1.82, 2.24) is 10.6 Å². The Morgan fingerprint density at radius 3 is 2.70 bits per heavy atom. The molecule has 23 heavy (non-hydrogen) atoms. The third-order valence-electron chi connectivity index (χ3n) is 3.56. The summed E-state index contributed by atoms with van der Waals surface area (Å²) in [6, 6.07) is 3.26. The summed E-state index contributed by atoms with van der Waals surface area (Å²) in [5, 5.41) is 5.89. The van der Waals surface area contributed by atoms with Gasteiger partial charge in [-0.25, -0.2) is 17.2 Å². The zero-order valence-corrected chi connectivity index (χ0v) is 15.8. The molecule has 1 saturated heterocycles. The average Bonchev–Trinajstić information content (AvgIpc) is 2.82. The van der Waals surface area contributed by atoms with Crippen LogP contribution in [0.4, 0.5) is 8.78 Å². The average molecular weight is 459 g/mol. The van der Waals surface area contributed by atoms with Gasteiger partial charge in [0.1, 0.15) is 11.6 Å². The zero-order valence-electron chi connectivity index (χ0n) is 12.7. The molecule has 1 aromatic carbocycles. The van der Waals surface area contributed by atoms with Crippen molar-refractivity contribution in [2.24, 2.45) is 10.9 Å². The number of guanidine groups is 1. The van der Waals surface area contributed by atoms with E-state index in [2.05, 4.69) is 15.6 Å². The summed E-state index contributed by atoms with van der Waals surface area (Å²) in [6.07, 6.45) is 0.630. The van der Waals surface area contributed by atoms with Crippen LogP contribution >= 0.6 is 24.0 Å². The predicted molar refractivity (Wildman–Crippen MR) is 96.7 cm³/mol. The van der Waals surface area contributed by atoms with Gasteiger partial charge in [-0.05, 0) is 30.5 Å². The number of nitrogens with one attached hydrogen (secondary N) is 2. The molecular formula is C14H20F2IN3O2S. The van der Waals surface area contributed by atoms with Gasteiger partial charge in [0.15, 0.2) is 15.8 Å². The van der Waals surface area contributed by atoms with Crippen molar-refractivity contribution in [1.29, 1.82) is 0 Å². The molecule has 1 aromatic rings. The Kier molecular flexibility index (Phi) is 7.65. The van der Waals surface area contributed by atoms with Crippen LogP contribution in [0.15, 0.2) is 23.2 Å². The summed E-state index contributed by atoms with van der Waals surface area (Å²) in [5.74, 6) is -0.124. The van der Waals surface area contributed by atoms with Crippen LogP contribution in [0.1, 0.15) is 12.0 Å². The van der Waals surface area contributed by atoms with Gasteiger partial charge in [-0.1, -0.05) is 0 Å². The maximum absolute atomic E-state index is 13.5. The zero-order chi connectivity index (χ0) is 16.2. The predicted octanol–water partition coefficient (Wildman–Crippen LogP) is 1.68. The fourth-order valence-corrected chi connectivity index (χ4v) is 4.21. The summed E-state index contributed by atoms with van der Waals surface area (Å²) in [7, 11) is -1.35. The van der Waals surface area contributed by atoms with Crippen LogP contribution in [0.5, 0.6) is 0 Å². The van der Waals surface area contributed by atoms with Crippen molar-refractivity contribution in [3.05, 3.63) is 35.4 Å². The Morgan fingerprint density at radius 1 is 1.35 bits per heavy atom. The maximum Gasteiger partial charge on any atom is 0.191 e. The lowest BCUT2D eigenvalue weighted by Gasteiger charge is -2.14. The molecule has 5 nitrogen and oxygen atoms in total. The molecule has 0 amide bonds. The highest BCUT2D eigenvalue weighted by molar-refractivity contribution is 14.0. The lowest BCUT2D eigenvalue weighted by Crippen LogP contribution is -2.39. The highest BCUT2D eigenvalue weighted by atomic mass is 127. The van der Waals surface area contributed by atoms with Crippen LogP contribution in [0.25, 0.3) is 0 Å². The number of sulfone groups is 1. The Morgan fingerprint density at radius 2 is 2.09 bits per heavy atom. The van der Waals surface area contributed by atoms with Crippen LogP contribution in [0.2, 0.25) is 0 Å². The van der Waals surface area contributed by atoms with Gasteiger partial charge in [0.05, 0.1) is 11.5 Å². The molecule has 1 unspecified atom stereocenters. The second-order valence-electron chi connectivity index (χ2n) is 5.31. The monoisotopic (exact) mass is 459 g/mol.